The van der Waals surface area contributed by atoms with E-state index in [0.29, 0.717) is 0 Å². The highest BCUT2D eigenvalue weighted by Gasteiger charge is 2.35. The summed E-state index contributed by atoms with van der Waals surface area (Å²) in [5.41, 5.74) is -0.782. The van der Waals surface area contributed by atoms with E-state index in [1.807, 2.05) is 0 Å². The summed E-state index contributed by atoms with van der Waals surface area (Å²) in [5.74, 6) is 0. The van der Waals surface area contributed by atoms with E-state index in [1.54, 1.807) is 27.7 Å². The standard InChI is InChI=1S/C13H17ClF3NOS/c1-8(18-20(19)12(2,3)4)10-6-5-9(14)7-11(10)13(15,16)17/h5-8,18H,1-4H3/t8-,20+/m1/s1. The van der Waals surface area contributed by atoms with E-state index in [-0.39, 0.29) is 10.6 Å². The van der Waals surface area contributed by atoms with Gasteiger partial charge in [0.2, 0.25) is 0 Å². The predicted octanol–water partition coefficient (Wildman–Crippen LogP) is 4.47. The molecule has 0 spiro atoms. The summed E-state index contributed by atoms with van der Waals surface area (Å²) < 4.78 is 53.1. The van der Waals surface area contributed by atoms with E-state index < -0.39 is 33.5 Å². The maximum atomic E-state index is 13.0. The fourth-order valence-electron chi connectivity index (χ4n) is 1.55. The van der Waals surface area contributed by atoms with Crippen molar-refractivity contribution in [3.63, 3.8) is 0 Å². The Balaban J connectivity index is 3.11. The molecule has 1 N–H and O–H groups in total. The first-order valence-electron chi connectivity index (χ1n) is 5.97. The molecule has 0 bridgehead atoms. The predicted molar refractivity (Wildman–Crippen MR) is 75.9 cm³/mol. The third-order valence-electron chi connectivity index (χ3n) is 2.63. The van der Waals surface area contributed by atoms with Gasteiger partial charge in [-0.05, 0) is 45.4 Å². The largest absolute Gasteiger partial charge is 0.416 e. The third-order valence-corrected chi connectivity index (χ3v) is 4.54. The molecule has 0 fully saturated rings. The smallest absolute Gasteiger partial charge is 0.242 e. The minimum absolute atomic E-state index is 0.0187. The molecule has 20 heavy (non-hydrogen) atoms. The summed E-state index contributed by atoms with van der Waals surface area (Å²) in [6.07, 6.45) is -4.50. The van der Waals surface area contributed by atoms with Crippen LogP contribution in [-0.4, -0.2) is 8.96 Å². The summed E-state index contributed by atoms with van der Waals surface area (Å²) in [5, 5.41) is 0.0187. The Bertz CT molecular complexity index is 511. The van der Waals surface area contributed by atoms with Crippen molar-refractivity contribution in [3.8, 4) is 0 Å². The molecular weight excluding hydrogens is 311 g/mol. The zero-order valence-electron chi connectivity index (χ0n) is 11.6. The van der Waals surface area contributed by atoms with Crippen molar-refractivity contribution in [1.29, 1.82) is 0 Å². The second kappa shape index (κ2) is 6.03. The molecule has 114 valence electrons. The molecule has 0 aromatic heterocycles. The number of rotatable bonds is 3. The normalized spacial score (nSPS) is 16.0. The summed E-state index contributed by atoms with van der Waals surface area (Å²) in [6.45, 7) is 6.78. The van der Waals surface area contributed by atoms with Crippen molar-refractivity contribution in [2.24, 2.45) is 0 Å². The van der Waals surface area contributed by atoms with Gasteiger partial charge in [0.05, 0.1) is 21.3 Å². The average molecular weight is 328 g/mol. The number of hydrogen-bond donors (Lipinski definition) is 1. The average Bonchev–Trinajstić information content (AvgIpc) is 2.26. The number of benzene rings is 1. The van der Waals surface area contributed by atoms with Crippen LogP contribution in [0, 0.1) is 0 Å². The maximum absolute atomic E-state index is 13.0. The summed E-state index contributed by atoms with van der Waals surface area (Å²) >= 11 is 5.63. The van der Waals surface area contributed by atoms with E-state index >= 15 is 0 Å². The molecule has 1 aromatic rings. The first kappa shape index (κ1) is 17.5. The molecule has 0 radical (unpaired) electrons. The molecule has 2 atom stereocenters. The van der Waals surface area contributed by atoms with Gasteiger partial charge < -0.3 is 0 Å². The van der Waals surface area contributed by atoms with E-state index in [1.165, 1.54) is 12.1 Å². The molecular formula is C13H17ClF3NOS. The Kier molecular flexibility index (Phi) is 5.27. The van der Waals surface area contributed by atoms with Crippen LogP contribution in [0.2, 0.25) is 5.02 Å². The van der Waals surface area contributed by atoms with Gasteiger partial charge in [-0.1, -0.05) is 17.7 Å². The fraction of sp³-hybridized carbons (Fsp3) is 0.538. The molecule has 0 aliphatic carbocycles. The van der Waals surface area contributed by atoms with Crippen LogP contribution in [-0.2, 0) is 17.2 Å². The van der Waals surface area contributed by atoms with Gasteiger partial charge in [0.1, 0.15) is 0 Å². The fourth-order valence-corrected chi connectivity index (χ4v) is 2.53. The Labute approximate surface area is 124 Å². The second-order valence-electron chi connectivity index (χ2n) is 5.45. The molecule has 1 aromatic carbocycles. The van der Waals surface area contributed by atoms with Crippen molar-refractivity contribution in [3.05, 3.63) is 34.3 Å². The van der Waals surface area contributed by atoms with E-state index in [0.717, 1.165) is 6.07 Å². The molecule has 0 saturated heterocycles. The lowest BCUT2D eigenvalue weighted by atomic mass is 10.0. The molecule has 0 unspecified atom stereocenters. The number of nitrogens with one attached hydrogen (secondary N) is 1. The third kappa shape index (κ3) is 4.46. The molecule has 0 heterocycles. The number of alkyl halides is 3. The maximum Gasteiger partial charge on any atom is 0.416 e. The van der Waals surface area contributed by atoms with Crippen molar-refractivity contribution in [1.82, 2.24) is 4.72 Å². The van der Waals surface area contributed by atoms with Crippen molar-refractivity contribution in [2.75, 3.05) is 0 Å². The Morgan fingerprint density at radius 1 is 1.25 bits per heavy atom. The van der Waals surface area contributed by atoms with E-state index in [2.05, 4.69) is 4.72 Å². The van der Waals surface area contributed by atoms with Crippen LogP contribution in [0.5, 0.6) is 0 Å². The lowest BCUT2D eigenvalue weighted by Crippen LogP contribution is -2.35. The quantitative estimate of drug-likeness (QED) is 0.871. The van der Waals surface area contributed by atoms with Crippen molar-refractivity contribution >= 4 is 22.6 Å². The van der Waals surface area contributed by atoms with Crippen LogP contribution in [0.15, 0.2) is 18.2 Å². The number of halogens is 4. The van der Waals surface area contributed by atoms with Crippen molar-refractivity contribution in [2.45, 2.75) is 44.7 Å². The van der Waals surface area contributed by atoms with Crippen LogP contribution < -0.4 is 4.72 Å². The van der Waals surface area contributed by atoms with E-state index in [4.69, 9.17) is 11.6 Å². The van der Waals surface area contributed by atoms with Crippen LogP contribution in [0.25, 0.3) is 0 Å². The SMILES string of the molecule is C[C@@H](N[S@@](=O)C(C)(C)C)c1ccc(Cl)cc1C(F)(F)F. The second-order valence-corrected chi connectivity index (χ2v) is 7.88. The zero-order valence-corrected chi connectivity index (χ0v) is 13.2. The van der Waals surface area contributed by atoms with Gasteiger partial charge in [0, 0.05) is 11.1 Å². The first-order chi connectivity index (χ1) is 8.93. The Morgan fingerprint density at radius 3 is 2.25 bits per heavy atom. The van der Waals surface area contributed by atoms with Gasteiger partial charge in [-0.15, -0.1) is 0 Å². The molecule has 2 nitrogen and oxygen atoms in total. The van der Waals surface area contributed by atoms with Crippen LogP contribution in [0.1, 0.15) is 44.9 Å². The van der Waals surface area contributed by atoms with Gasteiger partial charge in [-0.3, -0.25) is 0 Å². The van der Waals surface area contributed by atoms with Gasteiger partial charge in [0.15, 0.2) is 0 Å². The first-order valence-corrected chi connectivity index (χ1v) is 7.50. The lowest BCUT2D eigenvalue weighted by Gasteiger charge is -2.24. The summed E-state index contributed by atoms with van der Waals surface area (Å²) in [6, 6.07) is 2.88. The molecule has 0 aliphatic rings. The summed E-state index contributed by atoms with van der Waals surface area (Å²) in [4.78, 5) is 0. The Morgan fingerprint density at radius 2 is 1.80 bits per heavy atom. The minimum Gasteiger partial charge on any atom is -0.242 e. The lowest BCUT2D eigenvalue weighted by molar-refractivity contribution is -0.138. The molecule has 0 amide bonds. The van der Waals surface area contributed by atoms with Gasteiger partial charge in [-0.25, -0.2) is 8.93 Å². The van der Waals surface area contributed by atoms with Gasteiger partial charge >= 0.3 is 6.18 Å². The number of hydrogen-bond acceptors (Lipinski definition) is 1. The van der Waals surface area contributed by atoms with Crippen LogP contribution >= 0.6 is 11.6 Å². The van der Waals surface area contributed by atoms with Crippen LogP contribution in [0.3, 0.4) is 0 Å². The molecule has 0 aliphatic heterocycles. The highest BCUT2D eigenvalue weighted by molar-refractivity contribution is 7.84. The molecule has 0 saturated carbocycles. The summed E-state index contributed by atoms with van der Waals surface area (Å²) in [7, 11) is -1.46. The molecule has 7 heteroatoms. The van der Waals surface area contributed by atoms with E-state index in [9.17, 15) is 17.4 Å². The highest BCUT2D eigenvalue weighted by Crippen LogP contribution is 2.36. The zero-order chi connectivity index (χ0) is 15.7. The Hall–Kier alpha value is -0.590. The monoisotopic (exact) mass is 327 g/mol. The topological polar surface area (TPSA) is 29.1 Å². The van der Waals surface area contributed by atoms with Crippen molar-refractivity contribution < 1.29 is 17.4 Å². The minimum atomic E-state index is -4.50. The van der Waals surface area contributed by atoms with Crippen LogP contribution in [0.4, 0.5) is 13.2 Å². The molecule has 1 rings (SSSR count). The highest BCUT2D eigenvalue weighted by atomic mass is 35.5. The van der Waals surface area contributed by atoms with Gasteiger partial charge in [0.25, 0.3) is 0 Å². The van der Waals surface area contributed by atoms with Gasteiger partial charge in [-0.2, -0.15) is 13.2 Å².